The van der Waals surface area contributed by atoms with Gasteiger partial charge in [-0.2, -0.15) is 21.9 Å². The SMILES string of the molecule is CCCCCCCCCCCCCCCCCC[N+](CCCCCCCCCCCCCCCCCC)(CCCCCCCCCCCCCCCCCC)CCCCCCCCCCCCCCCCCC.Clc1ccc([B-](c2ccc(Cl)cc2)(c2ccc(Cl)cc2)c2ccc(Cl)cc2)cc1. The summed E-state index contributed by atoms with van der Waals surface area (Å²) in [7, 11) is 0. The molecular weight excluding hydrogens is 1320 g/mol. The van der Waals surface area contributed by atoms with Crippen molar-refractivity contribution in [3.63, 3.8) is 0 Å². The minimum absolute atomic E-state index is 0.696. The van der Waals surface area contributed by atoms with Crippen molar-refractivity contribution in [2.24, 2.45) is 0 Å². The topological polar surface area (TPSA) is 0 Å². The first-order valence-corrected chi connectivity index (χ1v) is 46.8. The van der Waals surface area contributed by atoms with Crippen LogP contribution in [0.5, 0.6) is 0 Å². The Hall–Kier alpha value is -1.94. The van der Waals surface area contributed by atoms with Crippen LogP contribution in [-0.2, 0) is 0 Å². The summed E-state index contributed by atoms with van der Waals surface area (Å²) in [5.74, 6) is 0. The number of rotatable bonds is 72. The van der Waals surface area contributed by atoms with Crippen molar-refractivity contribution < 1.29 is 4.48 Å². The second kappa shape index (κ2) is 68.3. The Morgan fingerprint density at radius 2 is 0.275 bits per heavy atom. The van der Waals surface area contributed by atoms with Crippen molar-refractivity contribution in [2.45, 2.75) is 439 Å². The third-order valence-corrected chi connectivity index (χ3v) is 24.4. The maximum absolute atomic E-state index is 6.22. The molecule has 0 atom stereocenters. The van der Waals surface area contributed by atoms with E-state index in [9.17, 15) is 0 Å². The first-order chi connectivity index (χ1) is 50.2. The first kappa shape index (κ1) is 94.3. The Bertz CT molecular complexity index is 2030. The molecule has 4 aromatic carbocycles. The van der Waals surface area contributed by atoms with Crippen molar-refractivity contribution >= 4 is 74.4 Å². The van der Waals surface area contributed by atoms with E-state index < -0.39 is 6.15 Å². The molecule has 0 aliphatic rings. The van der Waals surface area contributed by atoms with Gasteiger partial charge in [0.05, 0.1) is 26.2 Å². The van der Waals surface area contributed by atoms with Gasteiger partial charge in [0.15, 0.2) is 0 Å². The summed E-state index contributed by atoms with van der Waals surface area (Å²) in [6.07, 6.45) is 93.2. The van der Waals surface area contributed by atoms with E-state index in [0.717, 1.165) is 21.9 Å². The van der Waals surface area contributed by atoms with E-state index in [1.165, 1.54) is 442 Å². The van der Waals surface area contributed by atoms with Gasteiger partial charge in [-0.15, -0.1) is 0 Å². The monoisotopic (exact) mass is 1480 g/mol. The summed E-state index contributed by atoms with van der Waals surface area (Å²) in [5.41, 5.74) is 4.56. The highest BCUT2D eigenvalue weighted by Gasteiger charge is 2.32. The lowest BCUT2D eigenvalue weighted by Crippen LogP contribution is -2.74. The van der Waals surface area contributed by atoms with Gasteiger partial charge in [0.25, 0.3) is 0 Å². The van der Waals surface area contributed by atoms with Gasteiger partial charge >= 0.3 is 0 Å². The third kappa shape index (κ3) is 48.5. The number of hydrogen-bond donors (Lipinski definition) is 0. The Morgan fingerprint density at radius 1 is 0.167 bits per heavy atom. The van der Waals surface area contributed by atoms with Gasteiger partial charge in [0, 0.05) is 20.1 Å². The average molecular weight is 1480 g/mol. The van der Waals surface area contributed by atoms with Crippen LogP contribution >= 0.6 is 46.4 Å². The second-order valence-corrected chi connectivity index (χ2v) is 34.3. The quantitative estimate of drug-likeness (QED) is 0.0235. The molecule has 102 heavy (non-hydrogen) atoms. The normalized spacial score (nSPS) is 11.8. The maximum Gasteiger partial charge on any atom is 0.108 e. The summed E-state index contributed by atoms with van der Waals surface area (Å²) in [6, 6.07) is 32.1. The molecule has 0 saturated carbocycles. The number of unbranched alkanes of at least 4 members (excludes halogenated alkanes) is 60. The lowest BCUT2D eigenvalue weighted by molar-refractivity contribution is -0.929. The molecular formula is C96H164BCl4N. The number of benzene rings is 4. The fourth-order valence-electron chi connectivity index (χ4n) is 16.8. The fourth-order valence-corrected chi connectivity index (χ4v) is 17.3. The Morgan fingerprint density at radius 3 is 0.392 bits per heavy atom. The van der Waals surface area contributed by atoms with Crippen LogP contribution < -0.4 is 21.9 Å². The van der Waals surface area contributed by atoms with Crippen LogP contribution in [0.2, 0.25) is 20.1 Å². The predicted molar refractivity (Wildman–Crippen MR) is 468 cm³/mol. The van der Waals surface area contributed by atoms with E-state index >= 15 is 0 Å². The molecule has 0 spiro atoms. The van der Waals surface area contributed by atoms with Crippen molar-refractivity contribution in [3.05, 3.63) is 117 Å². The number of halogens is 4. The van der Waals surface area contributed by atoms with Crippen molar-refractivity contribution in [1.82, 2.24) is 0 Å². The predicted octanol–water partition coefficient (Wildman–Crippen LogP) is 32.5. The molecule has 0 N–H and O–H groups in total. The zero-order valence-electron chi connectivity index (χ0n) is 67.9. The highest BCUT2D eigenvalue weighted by Crippen LogP contribution is 2.25. The Labute approximate surface area is 656 Å². The molecule has 4 rings (SSSR count). The van der Waals surface area contributed by atoms with Crippen LogP contribution in [0.3, 0.4) is 0 Å². The Balaban J connectivity index is 0.000000759. The molecule has 0 heterocycles. The van der Waals surface area contributed by atoms with Crippen LogP contribution in [0, 0.1) is 0 Å². The standard InChI is InChI=1S/C72H148N.C24H16BCl4/c1-5-9-13-17-21-25-29-33-37-41-45-49-53-57-61-65-69-73(70-66-62-58-54-50-46-42-38-34-30-26-22-18-14-10-6-2,71-67-63-59-55-51-47-43-39-35-31-27-23-19-15-11-7-3)72-68-64-60-56-52-48-44-40-36-32-28-24-20-16-12-8-4;26-21-9-1-17(2-10-21)25(18-3-11-22(27)12-4-18,19-5-13-23(28)14-6-19)20-7-15-24(29)16-8-20/h5-72H2,1-4H3;1-16H/q+1;-1. The van der Waals surface area contributed by atoms with Gasteiger partial charge in [-0.25, -0.2) is 0 Å². The minimum atomic E-state index is -1.51. The van der Waals surface area contributed by atoms with Gasteiger partial charge in [-0.1, -0.05) is 482 Å². The molecule has 0 amide bonds. The molecule has 0 aliphatic carbocycles. The maximum atomic E-state index is 6.22. The van der Waals surface area contributed by atoms with Gasteiger partial charge < -0.3 is 4.48 Å². The smallest absolute Gasteiger partial charge is 0.108 e. The van der Waals surface area contributed by atoms with E-state index in [2.05, 4.69) is 76.2 Å². The lowest BCUT2D eigenvalue weighted by atomic mass is 9.13. The molecule has 0 unspecified atom stereocenters. The number of hydrogen-bond acceptors (Lipinski definition) is 0. The highest BCUT2D eigenvalue weighted by atomic mass is 35.5. The van der Waals surface area contributed by atoms with Gasteiger partial charge in [0.1, 0.15) is 6.15 Å². The van der Waals surface area contributed by atoms with E-state index in [-0.39, 0.29) is 0 Å². The average Bonchev–Trinajstić information content (AvgIpc) is 0.736. The van der Waals surface area contributed by atoms with Crippen LogP contribution in [0.15, 0.2) is 97.1 Å². The highest BCUT2D eigenvalue weighted by molar-refractivity contribution is 7.19. The third-order valence-electron chi connectivity index (χ3n) is 23.4. The zero-order valence-corrected chi connectivity index (χ0v) is 70.9. The summed E-state index contributed by atoms with van der Waals surface area (Å²) in [4.78, 5) is 0. The number of nitrogens with zero attached hydrogens (tertiary/aromatic N) is 1. The summed E-state index contributed by atoms with van der Waals surface area (Å²) in [6.45, 7) is 15.3. The molecule has 584 valence electrons. The molecule has 6 heteroatoms. The van der Waals surface area contributed by atoms with Crippen LogP contribution in [-0.4, -0.2) is 36.8 Å². The molecule has 0 aromatic heterocycles. The van der Waals surface area contributed by atoms with Crippen LogP contribution in [0.1, 0.15) is 439 Å². The Kier molecular flexibility index (Phi) is 63.2. The molecule has 0 radical (unpaired) electrons. The van der Waals surface area contributed by atoms with Gasteiger partial charge in [-0.3, -0.25) is 0 Å². The summed E-state index contributed by atoms with van der Waals surface area (Å²) < 4.78 is 1.49. The second-order valence-electron chi connectivity index (χ2n) is 32.5. The van der Waals surface area contributed by atoms with Crippen molar-refractivity contribution in [2.75, 3.05) is 26.2 Å². The summed E-state index contributed by atoms with van der Waals surface area (Å²) >= 11 is 24.9. The molecule has 1 nitrogen and oxygen atoms in total. The van der Waals surface area contributed by atoms with Crippen LogP contribution in [0.25, 0.3) is 0 Å². The van der Waals surface area contributed by atoms with E-state index in [4.69, 9.17) is 46.4 Å². The van der Waals surface area contributed by atoms with Crippen molar-refractivity contribution in [3.8, 4) is 0 Å². The minimum Gasteiger partial charge on any atom is -0.324 e. The van der Waals surface area contributed by atoms with Gasteiger partial charge in [-0.05, 0) is 99.9 Å². The molecule has 0 fully saturated rings. The molecule has 0 aliphatic heterocycles. The largest absolute Gasteiger partial charge is 0.324 e. The number of quaternary nitrogens is 1. The van der Waals surface area contributed by atoms with Gasteiger partial charge in [0.2, 0.25) is 0 Å². The lowest BCUT2D eigenvalue weighted by Gasteiger charge is -2.44. The van der Waals surface area contributed by atoms with Crippen molar-refractivity contribution in [1.29, 1.82) is 0 Å². The van der Waals surface area contributed by atoms with E-state index in [1.807, 2.05) is 48.5 Å². The summed E-state index contributed by atoms with van der Waals surface area (Å²) in [5, 5.41) is 2.78. The fraction of sp³-hybridized carbons (Fsp3) is 0.750. The van der Waals surface area contributed by atoms with E-state index in [0.29, 0.717) is 20.1 Å². The van der Waals surface area contributed by atoms with E-state index in [1.54, 1.807) is 0 Å². The molecule has 0 saturated heterocycles. The zero-order chi connectivity index (χ0) is 73.0. The molecule has 4 aromatic rings. The molecule has 0 bridgehead atoms. The first-order valence-electron chi connectivity index (χ1n) is 45.3. The van der Waals surface area contributed by atoms with Crippen LogP contribution in [0.4, 0.5) is 0 Å².